The van der Waals surface area contributed by atoms with E-state index in [0.29, 0.717) is 19.1 Å². The molecule has 0 aromatic carbocycles. The third-order valence-corrected chi connectivity index (χ3v) is 4.45. The van der Waals surface area contributed by atoms with Crippen LogP contribution in [0.2, 0.25) is 0 Å². The van der Waals surface area contributed by atoms with Crippen LogP contribution in [0.1, 0.15) is 20.3 Å². The van der Waals surface area contributed by atoms with Gasteiger partial charge in [0.2, 0.25) is 5.91 Å². The van der Waals surface area contributed by atoms with E-state index >= 15 is 0 Å². The zero-order valence-corrected chi connectivity index (χ0v) is 18.8. The van der Waals surface area contributed by atoms with Gasteiger partial charge in [0.25, 0.3) is 0 Å². The summed E-state index contributed by atoms with van der Waals surface area (Å²) >= 11 is 0. The van der Waals surface area contributed by atoms with Crippen LogP contribution in [0, 0.1) is 5.92 Å². The number of nitrogens with one attached hydrogen (secondary N) is 1. The minimum Gasteiger partial charge on any atom is -0.383 e. The van der Waals surface area contributed by atoms with Crippen molar-refractivity contribution in [2.45, 2.75) is 20.3 Å². The highest BCUT2D eigenvalue weighted by molar-refractivity contribution is 14.0. The number of aliphatic imine (C=N–C) groups is 1. The molecule has 1 rings (SSSR count). The van der Waals surface area contributed by atoms with Crippen LogP contribution in [0.3, 0.4) is 0 Å². The summed E-state index contributed by atoms with van der Waals surface area (Å²) in [5, 5.41) is 3.33. The lowest BCUT2D eigenvalue weighted by molar-refractivity contribution is -0.127. The first-order valence-electron chi connectivity index (χ1n) is 8.96. The molecule has 1 atom stereocenters. The molecule has 0 saturated carbocycles. The molecule has 25 heavy (non-hydrogen) atoms. The Morgan fingerprint density at radius 3 is 2.56 bits per heavy atom. The second-order valence-electron chi connectivity index (χ2n) is 6.43. The van der Waals surface area contributed by atoms with E-state index in [1.54, 1.807) is 26.1 Å². The molecule has 0 spiro atoms. The van der Waals surface area contributed by atoms with Gasteiger partial charge in [-0.3, -0.25) is 4.79 Å². The summed E-state index contributed by atoms with van der Waals surface area (Å²) in [5.74, 6) is 1.49. The molecular formula is C17H36IN5O2. The average molecular weight is 469 g/mol. The summed E-state index contributed by atoms with van der Waals surface area (Å²) in [6.07, 6.45) is 1.17. The zero-order valence-electron chi connectivity index (χ0n) is 16.5. The van der Waals surface area contributed by atoms with Crippen molar-refractivity contribution < 1.29 is 9.53 Å². The van der Waals surface area contributed by atoms with E-state index in [2.05, 4.69) is 34.0 Å². The molecular weight excluding hydrogens is 433 g/mol. The SMILES string of the molecule is CCN(CC)CC1CCN(C(=NCC(=O)N(C)C)NCCOC)C1.I. The maximum Gasteiger partial charge on any atom is 0.243 e. The van der Waals surface area contributed by atoms with Crippen LogP contribution in [0.5, 0.6) is 0 Å². The van der Waals surface area contributed by atoms with Crippen LogP contribution in [0.15, 0.2) is 4.99 Å². The number of carbonyl (C=O) groups excluding carboxylic acids is 1. The Kier molecular flexibility index (Phi) is 13.2. The summed E-state index contributed by atoms with van der Waals surface area (Å²) in [5.41, 5.74) is 0. The molecule has 1 fully saturated rings. The molecule has 0 aromatic heterocycles. The number of likely N-dealkylation sites (tertiary alicyclic amines) is 1. The van der Waals surface area contributed by atoms with Gasteiger partial charge in [-0.05, 0) is 25.4 Å². The van der Waals surface area contributed by atoms with Gasteiger partial charge >= 0.3 is 0 Å². The van der Waals surface area contributed by atoms with Crippen molar-refractivity contribution >= 4 is 35.8 Å². The molecule has 1 aliphatic rings. The second kappa shape index (κ2) is 13.6. The van der Waals surface area contributed by atoms with Crippen molar-refractivity contribution in [1.29, 1.82) is 0 Å². The van der Waals surface area contributed by atoms with Crippen LogP contribution in [-0.2, 0) is 9.53 Å². The minimum absolute atomic E-state index is 0. The predicted molar refractivity (Wildman–Crippen MR) is 114 cm³/mol. The molecule has 7 nitrogen and oxygen atoms in total. The van der Waals surface area contributed by atoms with Crippen LogP contribution in [0.4, 0.5) is 0 Å². The zero-order chi connectivity index (χ0) is 17.9. The highest BCUT2D eigenvalue weighted by Gasteiger charge is 2.26. The summed E-state index contributed by atoms with van der Waals surface area (Å²) in [6.45, 7) is 11.2. The Balaban J connectivity index is 0.00000576. The molecule has 1 N–H and O–H groups in total. The number of nitrogens with zero attached hydrogens (tertiary/aromatic N) is 4. The second-order valence-corrected chi connectivity index (χ2v) is 6.43. The van der Waals surface area contributed by atoms with E-state index in [0.717, 1.165) is 38.7 Å². The van der Waals surface area contributed by atoms with E-state index in [-0.39, 0.29) is 36.4 Å². The van der Waals surface area contributed by atoms with Crippen molar-refractivity contribution in [2.24, 2.45) is 10.9 Å². The maximum absolute atomic E-state index is 11.8. The normalized spacial score (nSPS) is 17.6. The van der Waals surface area contributed by atoms with Gasteiger partial charge in [-0.1, -0.05) is 13.8 Å². The standard InChI is InChI=1S/C17H35N5O2.HI/c1-6-21(7-2)13-15-8-10-22(14-15)17(18-9-11-24-5)19-12-16(23)20(3)4;/h15H,6-14H2,1-5H3,(H,18,19);1H. The topological polar surface area (TPSA) is 60.4 Å². The molecule has 0 radical (unpaired) electrons. The summed E-state index contributed by atoms with van der Waals surface area (Å²) in [6, 6.07) is 0. The number of likely N-dealkylation sites (N-methyl/N-ethyl adjacent to an activating group) is 1. The molecule has 1 saturated heterocycles. The molecule has 148 valence electrons. The predicted octanol–water partition coefficient (Wildman–Crippen LogP) is 0.948. The van der Waals surface area contributed by atoms with Crippen LogP contribution < -0.4 is 5.32 Å². The van der Waals surface area contributed by atoms with Gasteiger partial charge in [-0.25, -0.2) is 4.99 Å². The van der Waals surface area contributed by atoms with E-state index in [1.165, 1.54) is 6.42 Å². The number of methoxy groups -OCH3 is 1. The number of ether oxygens (including phenoxy) is 1. The lowest BCUT2D eigenvalue weighted by Gasteiger charge is -2.24. The third kappa shape index (κ3) is 9.05. The number of hydrogen-bond donors (Lipinski definition) is 1. The Morgan fingerprint density at radius 2 is 2.00 bits per heavy atom. The first-order chi connectivity index (χ1) is 11.5. The van der Waals surface area contributed by atoms with Crippen molar-refractivity contribution in [2.75, 3.05) is 73.6 Å². The van der Waals surface area contributed by atoms with Crippen LogP contribution in [0.25, 0.3) is 0 Å². The Labute approximate surface area is 170 Å². The van der Waals surface area contributed by atoms with Gasteiger partial charge in [0.1, 0.15) is 6.54 Å². The fourth-order valence-electron chi connectivity index (χ4n) is 2.84. The fourth-order valence-corrected chi connectivity index (χ4v) is 2.84. The van der Waals surface area contributed by atoms with Gasteiger partial charge in [0.15, 0.2) is 5.96 Å². The molecule has 1 amide bonds. The highest BCUT2D eigenvalue weighted by atomic mass is 127. The summed E-state index contributed by atoms with van der Waals surface area (Å²) in [7, 11) is 5.20. The van der Waals surface area contributed by atoms with Crippen LogP contribution in [-0.4, -0.2) is 100 Å². The van der Waals surface area contributed by atoms with Crippen molar-refractivity contribution in [3.05, 3.63) is 0 Å². The number of amides is 1. The molecule has 0 aromatic rings. The average Bonchev–Trinajstić information content (AvgIpc) is 3.03. The summed E-state index contributed by atoms with van der Waals surface area (Å²) < 4.78 is 5.10. The number of halogens is 1. The Bertz CT molecular complexity index is 402. The highest BCUT2D eigenvalue weighted by Crippen LogP contribution is 2.17. The smallest absolute Gasteiger partial charge is 0.243 e. The lowest BCUT2D eigenvalue weighted by Crippen LogP contribution is -2.42. The molecule has 0 bridgehead atoms. The largest absolute Gasteiger partial charge is 0.383 e. The van der Waals surface area contributed by atoms with Gasteiger partial charge in [-0.15, -0.1) is 24.0 Å². The first kappa shape index (κ1) is 24.4. The van der Waals surface area contributed by atoms with E-state index in [1.807, 2.05) is 0 Å². The van der Waals surface area contributed by atoms with E-state index in [9.17, 15) is 4.79 Å². The number of carbonyl (C=O) groups is 1. The molecule has 1 heterocycles. The minimum atomic E-state index is 0. The van der Waals surface area contributed by atoms with Crippen LogP contribution >= 0.6 is 24.0 Å². The molecule has 1 aliphatic heterocycles. The van der Waals surface area contributed by atoms with Gasteiger partial charge < -0.3 is 24.8 Å². The fraction of sp³-hybridized carbons (Fsp3) is 0.882. The van der Waals surface area contributed by atoms with Gasteiger partial charge in [0.05, 0.1) is 6.61 Å². The maximum atomic E-state index is 11.8. The first-order valence-corrected chi connectivity index (χ1v) is 8.96. The lowest BCUT2D eigenvalue weighted by atomic mass is 10.1. The molecule has 0 aliphatic carbocycles. The molecule has 1 unspecified atom stereocenters. The van der Waals surface area contributed by atoms with E-state index in [4.69, 9.17) is 4.74 Å². The Hall–Kier alpha value is -0.610. The quantitative estimate of drug-likeness (QED) is 0.236. The van der Waals surface area contributed by atoms with Crippen molar-refractivity contribution in [1.82, 2.24) is 20.0 Å². The van der Waals surface area contributed by atoms with Gasteiger partial charge in [0, 0.05) is 47.4 Å². The summed E-state index contributed by atoms with van der Waals surface area (Å²) in [4.78, 5) is 22.7. The number of rotatable bonds is 9. The Morgan fingerprint density at radius 1 is 1.32 bits per heavy atom. The number of guanidine groups is 1. The third-order valence-electron chi connectivity index (χ3n) is 4.45. The van der Waals surface area contributed by atoms with E-state index < -0.39 is 0 Å². The number of hydrogen-bond acceptors (Lipinski definition) is 4. The molecule has 8 heteroatoms. The van der Waals surface area contributed by atoms with Crippen molar-refractivity contribution in [3.8, 4) is 0 Å². The van der Waals surface area contributed by atoms with Crippen molar-refractivity contribution in [3.63, 3.8) is 0 Å². The van der Waals surface area contributed by atoms with Gasteiger partial charge in [-0.2, -0.15) is 0 Å². The monoisotopic (exact) mass is 469 g/mol.